The van der Waals surface area contributed by atoms with Crippen LogP contribution >= 0.6 is 0 Å². The van der Waals surface area contributed by atoms with Crippen LogP contribution in [-0.2, 0) is 14.3 Å². The molecule has 0 bridgehead atoms. The molecule has 2 heterocycles. The zero-order chi connectivity index (χ0) is 26.3. The number of hydrogen-bond donors (Lipinski definition) is 2. The Balaban J connectivity index is 1.62. The first-order chi connectivity index (χ1) is 17.1. The van der Waals surface area contributed by atoms with Crippen molar-refractivity contribution in [3.8, 4) is 5.75 Å². The van der Waals surface area contributed by atoms with E-state index in [9.17, 15) is 19.2 Å². The normalized spacial score (nSPS) is 17.8. The van der Waals surface area contributed by atoms with Crippen molar-refractivity contribution in [2.75, 3.05) is 20.3 Å². The van der Waals surface area contributed by atoms with Crippen LogP contribution in [0.2, 0.25) is 0 Å². The zero-order valence-corrected chi connectivity index (χ0v) is 21.3. The van der Waals surface area contributed by atoms with E-state index in [0.717, 1.165) is 12.8 Å². The first-order valence-electron chi connectivity index (χ1n) is 12.2. The first-order valence-corrected chi connectivity index (χ1v) is 12.2. The lowest BCUT2D eigenvalue weighted by molar-refractivity contribution is -0.147. The quantitative estimate of drug-likeness (QED) is 0.421. The second kappa shape index (κ2) is 11.9. The molecule has 1 aliphatic carbocycles. The number of ether oxygens (including phenoxy) is 3. The van der Waals surface area contributed by atoms with Gasteiger partial charge in [-0.05, 0) is 64.3 Å². The molecule has 196 valence electrons. The average molecular weight is 502 g/mol. The van der Waals surface area contributed by atoms with Crippen LogP contribution in [0.3, 0.4) is 0 Å². The number of alkyl carbamates (subject to hydrolysis) is 1. The minimum Gasteiger partial charge on any atom is -0.492 e. The van der Waals surface area contributed by atoms with Gasteiger partial charge in [-0.3, -0.25) is 18.8 Å². The highest BCUT2D eigenvalue weighted by Gasteiger charge is 2.33. The Morgan fingerprint density at radius 1 is 1.08 bits per heavy atom. The number of methoxy groups -OCH3 is 1. The van der Waals surface area contributed by atoms with Gasteiger partial charge in [0, 0.05) is 18.1 Å². The van der Waals surface area contributed by atoms with Crippen molar-refractivity contribution in [1.82, 2.24) is 15.0 Å². The van der Waals surface area contributed by atoms with Gasteiger partial charge in [0.1, 0.15) is 16.9 Å². The Morgan fingerprint density at radius 3 is 2.53 bits per heavy atom. The van der Waals surface area contributed by atoms with Crippen LogP contribution in [0.5, 0.6) is 5.75 Å². The number of carbonyl (C=O) groups is 3. The van der Waals surface area contributed by atoms with Crippen molar-refractivity contribution >= 4 is 23.5 Å². The van der Waals surface area contributed by atoms with Crippen molar-refractivity contribution in [3.63, 3.8) is 0 Å². The number of rotatable bonds is 8. The van der Waals surface area contributed by atoms with E-state index in [-0.39, 0.29) is 17.6 Å². The SMILES string of the molecule is COC(=O)[C@@H]1CCCC[C@H]1NC(=O)c1ccc2ccc(OCCCNC(=O)OC(C)(C)C)cn2c1=O. The number of esters is 1. The highest BCUT2D eigenvalue weighted by atomic mass is 16.6. The lowest BCUT2D eigenvalue weighted by atomic mass is 9.84. The average Bonchev–Trinajstić information content (AvgIpc) is 2.83. The maximum atomic E-state index is 13.1. The molecule has 2 N–H and O–H groups in total. The second-order valence-electron chi connectivity index (χ2n) is 9.84. The van der Waals surface area contributed by atoms with Crippen LogP contribution in [0, 0.1) is 5.92 Å². The highest BCUT2D eigenvalue weighted by Crippen LogP contribution is 2.25. The van der Waals surface area contributed by atoms with Crippen LogP contribution in [0.25, 0.3) is 5.52 Å². The van der Waals surface area contributed by atoms with Gasteiger partial charge in [-0.25, -0.2) is 4.79 Å². The fourth-order valence-corrected chi connectivity index (χ4v) is 4.18. The van der Waals surface area contributed by atoms with Crippen molar-refractivity contribution in [2.24, 2.45) is 5.92 Å². The molecule has 1 aliphatic rings. The smallest absolute Gasteiger partial charge is 0.407 e. The van der Waals surface area contributed by atoms with E-state index in [0.29, 0.717) is 43.7 Å². The molecule has 2 amide bonds. The minimum atomic E-state index is -0.561. The molecule has 0 aromatic carbocycles. The predicted octanol–water partition coefficient (Wildman–Crippen LogP) is 3.05. The molecule has 1 saturated carbocycles. The summed E-state index contributed by atoms with van der Waals surface area (Å²) in [6.45, 7) is 6.07. The lowest BCUT2D eigenvalue weighted by Gasteiger charge is -2.30. The van der Waals surface area contributed by atoms with E-state index in [1.807, 2.05) is 0 Å². The van der Waals surface area contributed by atoms with Gasteiger partial charge < -0.3 is 24.8 Å². The van der Waals surface area contributed by atoms with Gasteiger partial charge >= 0.3 is 12.1 Å². The number of aromatic nitrogens is 1. The first kappa shape index (κ1) is 27.0. The van der Waals surface area contributed by atoms with Crippen LogP contribution in [-0.4, -0.2) is 54.3 Å². The maximum Gasteiger partial charge on any atom is 0.407 e. The van der Waals surface area contributed by atoms with Crippen molar-refractivity contribution in [2.45, 2.75) is 64.5 Å². The van der Waals surface area contributed by atoms with Crippen LogP contribution in [0.1, 0.15) is 63.2 Å². The van der Waals surface area contributed by atoms with Gasteiger partial charge in [-0.15, -0.1) is 0 Å². The maximum absolute atomic E-state index is 13.1. The molecular formula is C26H35N3O7. The zero-order valence-electron chi connectivity index (χ0n) is 21.3. The number of amides is 2. The van der Waals surface area contributed by atoms with E-state index in [1.54, 1.807) is 39.0 Å². The van der Waals surface area contributed by atoms with Gasteiger partial charge in [0.15, 0.2) is 0 Å². The molecule has 10 heteroatoms. The number of nitrogens with one attached hydrogen (secondary N) is 2. The Labute approximate surface area is 210 Å². The van der Waals surface area contributed by atoms with Gasteiger partial charge in [0.2, 0.25) is 0 Å². The van der Waals surface area contributed by atoms with Crippen LogP contribution in [0.15, 0.2) is 35.3 Å². The molecule has 2 atom stereocenters. The monoisotopic (exact) mass is 501 g/mol. The molecule has 0 radical (unpaired) electrons. The van der Waals surface area contributed by atoms with Gasteiger partial charge in [-0.1, -0.05) is 12.8 Å². The van der Waals surface area contributed by atoms with E-state index >= 15 is 0 Å². The summed E-state index contributed by atoms with van der Waals surface area (Å²) < 4.78 is 17.1. The molecule has 2 aromatic rings. The topological polar surface area (TPSA) is 124 Å². The molecule has 0 unspecified atom stereocenters. The molecule has 10 nitrogen and oxygen atoms in total. The van der Waals surface area contributed by atoms with E-state index in [1.165, 1.54) is 23.8 Å². The lowest BCUT2D eigenvalue weighted by Crippen LogP contribution is -2.46. The molecule has 0 aliphatic heterocycles. The Morgan fingerprint density at radius 2 is 1.81 bits per heavy atom. The molecule has 0 spiro atoms. The second-order valence-corrected chi connectivity index (χ2v) is 9.84. The number of nitrogens with zero attached hydrogens (tertiary/aromatic N) is 1. The third-order valence-electron chi connectivity index (χ3n) is 5.91. The number of hydrogen-bond acceptors (Lipinski definition) is 7. The summed E-state index contributed by atoms with van der Waals surface area (Å²) in [5, 5.41) is 5.52. The van der Waals surface area contributed by atoms with Gasteiger partial charge in [0.05, 0.1) is 25.8 Å². The van der Waals surface area contributed by atoms with Crippen molar-refractivity contribution in [1.29, 1.82) is 0 Å². The molecule has 3 rings (SSSR count). The Bertz CT molecular complexity index is 1150. The van der Waals surface area contributed by atoms with Gasteiger partial charge in [0.25, 0.3) is 11.5 Å². The van der Waals surface area contributed by atoms with Crippen molar-refractivity contribution in [3.05, 3.63) is 46.4 Å². The fourth-order valence-electron chi connectivity index (χ4n) is 4.18. The van der Waals surface area contributed by atoms with E-state index in [2.05, 4.69) is 10.6 Å². The molecular weight excluding hydrogens is 466 g/mol. The Kier molecular flexibility index (Phi) is 8.95. The summed E-state index contributed by atoms with van der Waals surface area (Å²) in [5.41, 5.74) is -0.442. The third kappa shape index (κ3) is 7.22. The number of pyridine rings is 2. The standard InChI is InChI=1S/C26H35N3O7/c1-26(2,3)36-25(33)27-14-7-15-35-18-12-10-17-11-13-20(23(31)29(17)16-18)22(30)28-21-9-6-5-8-19(21)24(32)34-4/h10-13,16,19,21H,5-9,14-15H2,1-4H3,(H,27,33)(H,28,30)/t19-,21-/m1/s1. The van der Waals surface area contributed by atoms with Crippen LogP contribution < -0.4 is 20.9 Å². The molecule has 0 saturated heterocycles. The van der Waals surface area contributed by atoms with Crippen LogP contribution in [0.4, 0.5) is 4.79 Å². The summed E-state index contributed by atoms with van der Waals surface area (Å²) >= 11 is 0. The van der Waals surface area contributed by atoms with Crippen molar-refractivity contribution < 1.29 is 28.6 Å². The van der Waals surface area contributed by atoms with E-state index < -0.39 is 29.1 Å². The highest BCUT2D eigenvalue weighted by molar-refractivity contribution is 5.94. The summed E-state index contributed by atoms with van der Waals surface area (Å²) in [6.07, 6.45) is 4.67. The van der Waals surface area contributed by atoms with E-state index in [4.69, 9.17) is 14.2 Å². The molecule has 1 fully saturated rings. The molecule has 36 heavy (non-hydrogen) atoms. The minimum absolute atomic E-state index is 0.0135. The number of fused-ring (bicyclic) bond motifs is 1. The molecule has 2 aromatic heterocycles. The Hall–Kier alpha value is -3.56. The largest absolute Gasteiger partial charge is 0.492 e. The fraction of sp³-hybridized carbons (Fsp3) is 0.538. The summed E-state index contributed by atoms with van der Waals surface area (Å²) in [7, 11) is 1.34. The summed E-state index contributed by atoms with van der Waals surface area (Å²) in [6, 6.07) is 6.27. The van der Waals surface area contributed by atoms with Gasteiger partial charge in [-0.2, -0.15) is 0 Å². The summed E-state index contributed by atoms with van der Waals surface area (Å²) in [4.78, 5) is 49.8. The predicted molar refractivity (Wildman–Crippen MR) is 133 cm³/mol. The summed E-state index contributed by atoms with van der Waals surface area (Å²) in [5.74, 6) is -0.828. The third-order valence-corrected chi connectivity index (χ3v) is 5.91. The number of carbonyl (C=O) groups excluding carboxylic acids is 3.